The van der Waals surface area contributed by atoms with E-state index in [2.05, 4.69) is 5.32 Å². The summed E-state index contributed by atoms with van der Waals surface area (Å²) in [7, 11) is 0. The number of nitrogens with zero attached hydrogens (tertiary/aromatic N) is 1. The largest absolute Gasteiger partial charge is 0.387 e. The molecule has 0 bridgehead atoms. The lowest BCUT2D eigenvalue weighted by atomic mass is 10.1. The van der Waals surface area contributed by atoms with Gasteiger partial charge in [0, 0.05) is 6.54 Å². The molecule has 1 atom stereocenters. The van der Waals surface area contributed by atoms with Crippen molar-refractivity contribution in [2.75, 3.05) is 11.9 Å². The van der Waals surface area contributed by atoms with Gasteiger partial charge in [-0.3, -0.25) is 10.1 Å². The number of benzene rings is 2. The summed E-state index contributed by atoms with van der Waals surface area (Å²) in [6.45, 7) is -0.0735. The van der Waals surface area contributed by atoms with Crippen LogP contribution in [0.15, 0.2) is 42.5 Å². The van der Waals surface area contributed by atoms with Gasteiger partial charge in [0.2, 0.25) is 5.82 Å². The predicted octanol–water partition coefficient (Wildman–Crippen LogP) is 3.02. The predicted molar refractivity (Wildman–Crippen MR) is 72.9 cm³/mol. The highest BCUT2D eigenvalue weighted by Gasteiger charge is 2.20. The first kappa shape index (κ1) is 14.9. The molecule has 0 fully saturated rings. The van der Waals surface area contributed by atoms with Crippen molar-refractivity contribution in [3.63, 3.8) is 0 Å². The van der Waals surface area contributed by atoms with E-state index in [9.17, 15) is 24.0 Å². The van der Waals surface area contributed by atoms with E-state index in [0.29, 0.717) is 5.56 Å². The summed E-state index contributed by atoms with van der Waals surface area (Å²) in [6, 6.07) is 8.86. The van der Waals surface area contributed by atoms with Gasteiger partial charge in [0.25, 0.3) is 0 Å². The third-order valence-corrected chi connectivity index (χ3v) is 2.91. The fourth-order valence-electron chi connectivity index (χ4n) is 1.85. The number of para-hydroxylation sites is 1. The van der Waals surface area contributed by atoms with Gasteiger partial charge in [-0.25, -0.2) is 4.39 Å². The Morgan fingerprint density at radius 1 is 1.19 bits per heavy atom. The van der Waals surface area contributed by atoms with Crippen LogP contribution >= 0.6 is 0 Å². The van der Waals surface area contributed by atoms with Crippen LogP contribution in [0.5, 0.6) is 0 Å². The molecule has 0 heterocycles. The molecule has 5 nitrogen and oxygen atoms in total. The number of rotatable bonds is 5. The number of hydrogen-bond acceptors (Lipinski definition) is 4. The zero-order valence-corrected chi connectivity index (χ0v) is 10.8. The maximum absolute atomic E-state index is 13.4. The molecule has 0 aliphatic rings. The van der Waals surface area contributed by atoms with Gasteiger partial charge >= 0.3 is 5.69 Å². The van der Waals surface area contributed by atoms with Gasteiger partial charge in [0.05, 0.1) is 11.0 Å². The van der Waals surface area contributed by atoms with Crippen molar-refractivity contribution in [3.8, 4) is 0 Å². The lowest BCUT2D eigenvalue weighted by Crippen LogP contribution is -2.13. The average Bonchev–Trinajstić information content (AvgIpc) is 2.45. The number of aliphatic hydroxyl groups is 1. The van der Waals surface area contributed by atoms with E-state index in [1.807, 2.05) is 0 Å². The van der Waals surface area contributed by atoms with Gasteiger partial charge in [-0.2, -0.15) is 4.39 Å². The second-order valence-electron chi connectivity index (χ2n) is 4.34. The Hall–Kier alpha value is -2.54. The summed E-state index contributed by atoms with van der Waals surface area (Å²) in [6.07, 6.45) is -1.01. The SMILES string of the molecule is O=[N+]([O-])c1c(F)cccc1NCC(O)c1ccc(F)cc1. The van der Waals surface area contributed by atoms with Crippen LogP contribution in [-0.4, -0.2) is 16.6 Å². The monoisotopic (exact) mass is 294 g/mol. The van der Waals surface area contributed by atoms with E-state index in [4.69, 9.17) is 0 Å². The molecule has 0 spiro atoms. The molecule has 0 saturated heterocycles. The normalized spacial score (nSPS) is 12.0. The standard InChI is InChI=1S/C14H12F2N2O3/c15-10-6-4-9(5-7-10)13(19)8-17-12-3-1-2-11(16)14(12)18(20)21/h1-7,13,17,19H,8H2. The number of nitro benzene ring substituents is 1. The molecule has 21 heavy (non-hydrogen) atoms. The van der Waals surface area contributed by atoms with Gasteiger partial charge < -0.3 is 10.4 Å². The van der Waals surface area contributed by atoms with Crippen molar-refractivity contribution in [1.82, 2.24) is 0 Å². The van der Waals surface area contributed by atoms with E-state index >= 15 is 0 Å². The fraction of sp³-hybridized carbons (Fsp3) is 0.143. The van der Waals surface area contributed by atoms with Crippen molar-refractivity contribution < 1.29 is 18.8 Å². The van der Waals surface area contributed by atoms with Gasteiger partial charge in [-0.1, -0.05) is 18.2 Å². The Morgan fingerprint density at radius 3 is 2.48 bits per heavy atom. The fourth-order valence-corrected chi connectivity index (χ4v) is 1.85. The molecule has 0 aliphatic carbocycles. The van der Waals surface area contributed by atoms with Crippen LogP contribution in [0.25, 0.3) is 0 Å². The van der Waals surface area contributed by atoms with Crippen LogP contribution in [0.2, 0.25) is 0 Å². The van der Waals surface area contributed by atoms with E-state index in [-0.39, 0.29) is 12.2 Å². The lowest BCUT2D eigenvalue weighted by molar-refractivity contribution is -0.386. The molecule has 2 aromatic carbocycles. The highest BCUT2D eigenvalue weighted by Crippen LogP contribution is 2.27. The van der Waals surface area contributed by atoms with Crippen molar-refractivity contribution in [1.29, 1.82) is 0 Å². The second-order valence-corrected chi connectivity index (χ2v) is 4.34. The summed E-state index contributed by atoms with van der Waals surface area (Å²) in [5.41, 5.74) is -0.257. The molecule has 110 valence electrons. The topological polar surface area (TPSA) is 75.4 Å². The Bertz CT molecular complexity index is 647. The smallest absolute Gasteiger partial charge is 0.327 e. The molecular formula is C14H12F2N2O3. The highest BCUT2D eigenvalue weighted by atomic mass is 19.1. The Morgan fingerprint density at radius 2 is 1.86 bits per heavy atom. The molecule has 0 radical (unpaired) electrons. The Balaban J connectivity index is 2.11. The maximum Gasteiger partial charge on any atom is 0.327 e. The minimum Gasteiger partial charge on any atom is -0.387 e. The number of nitro groups is 1. The summed E-state index contributed by atoms with van der Waals surface area (Å²) in [4.78, 5) is 9.98. The van der Waals surface area contributed by atoms with Gasteiger partial charge in [-0.15, -0.1) is 0 Å². The Labute approximate surface area is 119 Å². The van der Waals surface area contributed by atoms with E-state index in [0.717, 1.165) is 6.07 Å². The van der Waals surface area contributed by atoms with Gasteiger partial charge in [0.15, 0.2) is 0 Å². The number of halogens is 2. The zero-order valence-electron chi connectivity index (χ0n) is 10.8. The van der Waals surface area contributed by atoms with Crippen molar-refractivity contribution in [2.24, 2.45) is 0 Å². The third-order valence-electron chi connectivity index (χ3n) is 2.91. The summed E-state index contributed by atoms with van der Waals surface area (Å²) < 4.78 is 26.2. The van der Waals surface area contributed by atoms with E-state index in [1.54, 1.807) is 0 Å². The van der Waals surface area contributed by atoms with Crippen LogP contribution in [-0.2, 0) is 0 Å². The van der Waals surface area contributed by atoms with Crippen LogP contribution in [0.3, 0.4) is 0 Å². The van der Waals surface area contributed by atoms with Crippen molar-refractivity contribution in [2.45, 2.75) is 6.10 Å². The summed E-state index contributed by atoms with van der Waals surface area (Å²) in [5.74, 6) is -1.39. The number of aliphatic hydroxyl groups excluding tert-OH is 1. The van der Waals surface area contributed by atoms with E-state index < -0.39 is 28.3 Å². The van der Waals surface area contributed by atoms with Gasteiger partial charge in [0.1, 0.15) is 11.5 Å². The van der Waals surface area contributed by atoms with E-state index in [1.165, 1.54) is 36.4 Å². The molecule has 2 N–H and O–H groups in total. The molecule has 0 saturated carbocycles. The maximum atomic E-state index is 13.4. The minimum absolute atomic E-state index is 0.0267. The molecule has 1 unspecified atom stereocenters. The van der Waals surface area contributed by atoms with Crippen LogP contribution in [0.1, 0.15) is 11.7 Å². The summed E-state index contributed by atoms with van der Waals surface area (Å²) >= 11 is 0. The first-order valence-electron chi connectivity index (χ1n) is 6.09. The molecule has 0 amide bonds. The number of hydrogen-bond donors (Lipinski definition) is 2. The number of nitrogens with one attached hydrogen (secondary N) is 1. The minimum atomic E-state index is -1.01. The first-order valence-corrected chi connectivity index (χ1v) is 6.09. The quantitative estimate of drug-likeness (QED) is 0.656. The number of anilines is 1. The molecule has 2 aromatic rings. The highest BCUT2D eigenvalue weighted by molar-refractivity contribution is 5.62. The zero-order chi connectivity index (χ0) is 15.4. The second kappa shape index (κ2) is 6.27. The van der Waals surface area contributed by atoms with Crippen molar-refractivity contribution >= 4 is 11.4 Å². The molecule has 7 heteroatoms. The van der Waals surface area contributed by atoms with Crippen LogP contribution in [0.4, 0.5) is 20.2 Å². The van der Waals surface area contributed by atoms with Crippen LogP contribution in [0, 0.1) is 21.7 Å². The van der Waals surface area contributed by atoms with Crippen molar-refractivity contribution in [3.05, 3.63) is 69.8 Å². The van der Waals surface area contributed by atoms with Gasteiger partial charge in [-0.05, 0) is 29.8 Å². The Kier molecular flexibility index (Phi) is 4.44. The summed E-state index contributed by atoms with van der Waals surface area (Å²) in [5, 5.41) is 23.4. The molecule has 0 aliphatic heterocycles. The van der Waals surface area contributed by atoms with Crippen LogP contribution < -0.4 is 5.32 Å². The third kappa shape index (κ3) is 3.51. The average molecular weight is 294 g/mol. The molecule has 2 rings (SSSR count). The lowest BCUT2D eigenvalue weighted by Gasteiger charge is -2.13. The first-order chi connectivity index (χ1) is 9.99. The molecule has 0 aromatic heterocycles. The molecular weight excluding hydrogens is 282 g/mol.